The van der Waals surface area contributed by atoms with Crippen molar-refractivity contribution in [2.75, 3.05) is 20.2 Å². The zero-order valence-corrected chi connectivity index (χ0v) is 9.66. The molecule has 15 heavy (non-hydrogen) atoms. The third kappa shape index (κ3) is 3.13. The van der Waals surface area contributed by atoms with E-state index in [9.17, 15) is 5.11 Å². The Morgan fingerprint density at radius 1 is 1.27 bits per heavy atom. The molecule has 0 bridgehead atoms. The molecular formula is C12H19NO2. The molecule has 1 aromatic rings. The van der Waals surface area contributed by atoms with Crippen LogP contribution in [0.2, 0.25) is 0 Å². The Kier molecular flexibility index (Phi) is 4.43. The fourth-order valence-electron chi connectivity index (χ4n) is 1.53. The summed E-state index contributed by atoms with van der Waals surface area (Å²) in [7, 11) is 1.57. The summed E-state index contributed by atoms with van der Waals surface area (Å²) >= 11 is 0. The minimum atomic E-state index is 0.195. The molecule has 1 aromatic carbocycles. The van der Waals surface area contributed by atoms with Gasteiger partial charge in [0.15, 0.2) is 11.5 Å². The first-order valence-electron chi connectivity index (χ1n) is 5.29. The molecule has 0 saturated heterocycles. The van der Waals surface area contributed by atoms with E-state index in [0.717, 1.165) is 25.2 Å². The number of ether oxygens (including phenoxy) is 1. The van der Waals surface area contributed by atoms with Gasteiger partial charge in [0.25, 0.3) is 0 Å². The largest absolute Gasteiger partial charge is 0.504 e. The van der Waals surface area contributed by atoms with Crippen molar-refractivity contribution in [3.63, 3.8) is 0 Å². The van der Waals surface area contributed by atoms with Crippen molar-refractivity contribution in [3.05, 3.63) is 23.8 Å². The SMILES string of the molecule is CCN(CC)Cc1ccc(O)c(OC)c1. The number of benzene rings is 1. The molecule has 1 rings (SSSR count). The molecule has 0 saturated carbocycles. The van der Waals surface area contributed by atoms with E-state index >= 15 is 0 Å². The van der Waals surface area contributed by atoms with Gasteiger partial charge in [-0.25, -0.2) is 0 Å². The summed E-state index contributed by atoms with van der Waals surface area (Å²) in [5.74, 6) is 0.737. The quantitative estimate of drug-likeness (QED) is 0.807. The fourth-order valence-corrected chi connectivity index (χ4v) is 1.53. The molecule has 0 aliphatic heterocycles. The second kappa shape index (κ2) is 5.61. The van der Waals surface area contributed by atoms with E-state index in [2.05, 4.69) is 18.7 Å². The Bertz CT molecular complexity index is 308. The predicted molar refractivity (Wildman–Crippen MR) is 61.3 cm³/mol. The van der Waals surface area contributed by atoms with E-state index < -0.39 is 0 Å². The Balaban J connectivity index is 2.77. The molecular weight excluding hydrogens is 190 g/mol. The van der Waals surface area contributed by atoms with Crippen molar-refractivity contribution in [1.29, 1.82) is 0 Å². The Hall–Kier alpha value is -1.22. The molecule has 0 fully saturated rings. The Morgan fingerprint density at radius 3 is 2.47 bits per heavy atom. The third-order valence-electron chi connectivity index (χ3n) is 2.54. The topological polar surface area (TPSA) is 32.7 Å². The number of methoxy groups -OCH3 is 1. The van der Waals surface area contributed by atoms with Crippen LogP contribution in [0.3, 0.4) is 0 Å². The minimum Gasteiger partial charge on any atom is -0.504 e. The number of nitrogens with zero attached hydrogens (tertiary/aromatic N) is 1. The highest BCUT2D eigenvalue weighted by Gasteiger charge is 2.05. The van der Waals surface area contributed by atoms with Crippen LogP contribution in [0.15, 0.2) is 18.2 Å². The van der Waals surface area contributed by atoms with Gasteiger partial charge in [0.1, 0.15) is 0 Å². The van der Waals surface area contributed by atoms with Gasteiger partial charge in [0.2, 0.25) is 0 Å². The van der Waals surface area contributed by atoms with Gasteiger partial charge < -0.3 is 9.84 Å². The Morgan fingerprint density at radius 2 is 1.93 bits per heavy atom. The number of hydrogen-bond donors (Lipinski definition) is 1. The smallest absolute Gasteiger partial charge is 0.160 e. The summed E-state index contributed by atoms with van der Waals surface area (Å²) in [4.78, 5) is 2.31. The standard InChI is InChI=1S/C12H19NO2/c1-4-13(5-2)9-10-6-7-11(14)12(8-10)15-3/h6-8,14H,4-5,9H2,1-3H3. The first-order valence-corrected chi connectivity index (χ1v) is 5.29. The van der Waals surface area contributed by atoms with E-state index in [1.165, 1.54) is 0 Å². The van der Waals surface area contributed by atoms with Crippen molar-refractivity contribution in [1.82, 2.24) is 4.90 Å². The normalized spacial score (nSPS) is 10.7. The summed E-state index contributed by atoms with van der Waals surface area (Å²) < 4.78 is 5.07. The molecule has 0 aromatic heterocycles. The van der Waals surface area contributed by atoms with Crippen LogP contribution >= 0.6 is 0 Å². The van der Waals surface area contributed by atoms with E-state index in [4.69, 9.17) is 4.74 Å². The maximum Gasteiger partial charge on any atom is 0.160 e. The number of rotatable bonds is 5. The highest BCUT2D eigenvalue weighted by Crippen LogP contribution is 2.26. The number of aromatic hydroxyl groups is 1. The van der Waals surface area contributed by atoms with Gasteiger partial charge in [0, 0.05) is 6.54 Å². The van der Waals surface area contributed by atoms with Crippen LogP contribution in [-0.4, -0.2) is 30.2 Å². The molecule has 0 amide bonds. The van der Waals surface area contributed by atoms with Crippen LogP contribution in [0.1, 0.15) is 19.4 Å². The average molecular weight is 209 g/mol. The van der Waals surface area contributed by atoms with Gasteiger partial charge in [-0.3, -0.25) is 4.90 Å². The third-order valence-corrected chi connectivity index (χ3v) is 2.54. The van der Waals surface area contributed by atoms with Crippen LogP contribution in [0.4, 0.5) is 0 Å². The number of phenols is 1. The lowest BCUT2D eigenvalue weighted by Gasteiger charge is -2.18. The maximum absolute atomic E-state index is 9.44. The summed E-state index contributed by atoms with van der Waals surface area (Å²) in [5.41, 5.74) is 1.16. The van der Waals surface area contributed by atoms with Gasteiger partial charge in [-0.1, -0.05) is 19.9 Å². The molecule has 0 aliphatic carbocycles. The second-order valence-electron chi connectivity index (χ2n) is 3.47. The van der Waals surface area contributed by atoms with Gasteiger partial charge in [-0.2, -0.15) is 0 Å². The second-order valence-corrected chi connectivity index (χ2v) is 3.47. The fraction of sp³-hybridized carbons (Fsp3) is 0.500. The van der Waals surface area contributed by atoms with Gasteiger partial charge in [0.05, 0.1) is 7.11 Å². The number of hydrogen-bond acceptors (Lipinski definition) is 3. The van der Waals surface area contributed by atoms with Crippen LogP contribution in [0, 0.1) is 0 Å². The monoisotopic (exact) mass is 209 g/mol. The van der Waals surface area contributed by atoms with Crippen molar-refractivity contribution < 1.29 is 9.84 Å². The molecule has 84 valence electrons. The van der Waals surface area contributed by atoms with E-state index in [-0.39, 0.29) is 5.75 Å². The minimum absolute atomic E-state index is 0.195. The Labute approximate surface area is 91.3 Å². The zero-order valence-electron chi connectivity index (χ0n) is 9.66. The maximum atomic E-state index is 9.44. The molecule has 0 aliphatic rings. The predicted octanol–water partition coefficient (Wildman–Crippen LogP) is 2.24. The van der Waals surface area contributed by atoms with E-state index in [1.54, 1.807) is 13.2 Å². The van der Waals surface area contributed by atoms with E-state index in [1.807, 2.05) is 12.1 Å². The summed E-state index contributed by atoms with van der Waals surface area (Å²) in [6.45, 7) is 7.23. The summed E-state index contributed by atoms with van der Waals surface area (Å²) in [5, 5.41) is 9.44. The highest BCUT2D eigenvalue weighted by molar-refractivity contribution is 5.41. The van der Waals surface area contributed by atoms with Gasteiger partial charge >= 0.3 is 0 Å². The van der Waals surface area contributed by atoms with Crippen molar-refractivity contribution in [2.45, 2.75) is 20.4 Å². The van der Waals surface area contributed by atoms with Crippen LogP contribution in [0.25, 0.3) is 0 Å². The lowest BCUT2D eigenvalue weighted by molar-refractivity contribution is 0.294. The molecule has 0 atom stereocenters. The van der Waals surface area contributed by atoms with Gasteiger partial charge in [-0.15, -0.1) is 0 Å². The molecule has 3 nitrogen and oxygen atoms in total. The molecule has 3 heteroatoms. The average Bonchev–Trinajstić information content (AvgIpc) is 2.28. The highest BCUT2D eigenvalue weighted by atomic mass is 16.5. The molecule has 0 radical (unpaired) electrons. The molecule has 0 heterocycles. The molecule has 0 spiro atoms. The van der Waals surface area contributed by atoms with Crippen LogP contribution in [0.5, 0.6) is 11.5 Å². The summed E-state index contributed by atoms with van der Waals surface area (Å²) in [6.07, 6.45) is 0. The van der Waals surface area contributed by atoms with Crippen molar-refractivity contribution in [2.24, 2.45) is 0 Å². The lowest BCUT2D eigenvalue weighted by Crippen LogP contribution is -2.22. The molecule has 0 unspecified atom stereocenters. The van der Waals surface area contributed by atoms with Gasteiger partial charge in [-0.05, 0) is 30.8 Å². The first kappa shape index (κ1) is 11.9. The lowest BCUT2D eigenvalue weighted by atomic mass is 10.2. The first-order chi connectivity index (χ1) is 7.21. The van der Waals surface area contributed by atoms with Crippen molar-refractivity contribution in [3.8, 4) is 11.5 Å². The van der Waals surface area contributed by atoms with Crippen LogP contribution in [-0.2, 0) is 6.54 Å². The number of phenolic OH excluding ortho intramolecular Hbond substituents is 1. The summed E-state index contributed by atoms with van der Waals surface area (Å²) in [6, 6.07) is 5.49. The van der Waals surface area contributed by atoms with Crippen LogP contribution < -0.4 is 4.74 Å². The zero-order chi connectivity index (χ0) is 11.3. The molecule has 1 N–H and O–H groups in total. The van der Waals surface area contributed by atoms with Crippen molar-refractivity contribution >= 4 is 0 Å². The van der Waals surface area contributed by atoms with E-state index in [0.29, 0.717) is 5.75 Å².